The number of hydrogen-bond acceptors (Lipinski definition) is 8. The molecule has 28 heavy (non-hydrogen) atoms. The number of carbonyl (C=O) groups is 1. The highest BCUT2D eigenvalue weighted by atomic mass is 32.2. The molecule has 0 atom stereocenters. The Labute approximate surface area is 175 Å². The average molecular weight is 433 g/mol. The second-order valence-corrected chi connectivity index (χ2v) is 9.72. The zero-order valence-corrected chi connectivity index (χ0v) is 17.8. The van der Waals surface area contributed by atoms with E-state index in [-0.39, 0.29) is 5.91 Å². The van der Waals surface area contributed by atoms with Crippen molar-refractivity contribution in [1.29, 1.82) is 0 Å². The minimum Gasteiger partial charge on any atom is -0.296 e. The minimum atomic E-state index is -0.229. The topological polar surface area (TPSA) is 96.5 Å². The zero-order chi connectivity index (χ0) is 19.3. The number of aromatic amines is 1. The molecule has 0 aromatic carbocycles. The van der Waals surface area contributed by atoms with Crippen LogP contribution in [0.15, 0.2) is 38.9 Å². The molecule has 2 N–H and O–H groups in total. The molecule has 146 valence electrons. The van der Waals surface area contributed by atoms with Crippen LogP contribution in [0.4, 0.5) is 5.13 Å². The summed E-state index contributed by atoms with van der Waals surface area (Å²) >= 11 is 4.53. The second-order valence-electron chi connectivity index (χ2n) is 6.51. The van der Waals surface area contributed by atoms with Crippen molar-refractivity contribution < 1.29 is 4.79 Å². The number of rotatable bonds is 6. The Bertz CT molecular complexity index is 937. The van der Waals surface area contributed by atoms with E-state index < -0.39 is 0 Å². The maximum Gasteiger partial charge on any atom is 0.277 e. The Balaban J connectivity index is 1.58. The molecule has 3 heterocycles. The van der Waals surface area contributed by atoms with Gasteiger partial charge < -0.3 is 0 Å². The van der Waals surface area contributed by atoms with Crippen molar-refractivity contribution in [2.75, 3.05) is 5.32 Å². The van der Waals surface area contributed by atoms with Crippen LogP contribution in [0.2, 0.25) is 0 Å². The monoisotopic (exact) mass is 432 g/mol. The molecule has 0 spiro atoms. The largest absolute Gasteiger partial charge is 0.296 e. The van der Waals surface area contributed by atoms with Crippen LogP contribution in [0.1, 0.15) is 48.3 Å². The number of nitrogens with zero attached hydrogens (tertiary/aromatic N) is 4. The Morgan fingerprint density at radius 3 is 2.82 bits per heavy atom. The third-order valence-electron chi connectivity index (χ3n) is 4.33. The van der Waals surface area contributed by atoms with Crippen LogP contribution in [0, 0.1) is 6.92 Å². The molecule has 4 rings (SSSR count). The van der Waals surface area contributed by atoms with E-state index in [1.54, 1.807) is 11.8 Å². The number of anilines is 1. The zero-order valence-electron chi connectivity index (χ0n) is 15.3. The van der Waals surface area contributed by atoms with Crippen LogP contribution < -0.4 is 5.32 Å². The maximum atomic E-state index is 13.0. The van der Waals surface area contributed by atoms with E-state index in [1.807, 2.05) is 24.4 Å². The Morgan fingerprint density at radius 2 is 2.11 bits per heavy atom. The van der Waals surface area contributed by atoms with Crippen molar-refractivity contribution in [3.8, 4) is 0 Å². The highest BCUT2D eigenvalue weighted by Crippen LogP contribution is 2.36. The first kappa shape index (κ1) is 19.4. The van der Waals surface area contributed by atoms with Gasteiger partial charge in [-0.15, -0.1) is 23.1 Å². The second kappa shape index (κ2) is 9.06. The lowest BCUT2D eigenvalue weighted by atomic mass is 10.0. The first-order valence-electron chi connectivity index (χ1n) is 9.12. The van der Waals surface area contributed by atoms with Crippen LogP contribution >= 0.6 is 34.9 Å². The lowest BCUT2D eigenvalue weighted by Gasteiger charge is -2.21. The van der Waals surface area contributed by atoms with Gasteiger partial charge in [0.1, 0.15) is 17.0 Å². The smallest absolute Gasteiger partial charge is 0.277 e. The number of nitrogens with one attached hydrogen (secondary N) is 2. The van der Waals surface area contributed by atoms with Gasteiger partial charge in [-0.25, -0.2) is 15.0 Å². The standard InChI is InChI=1S/C18H20N6OS3/c1-11-9-26-18(21-11)23-16(25)15-13(27-12-5-3-2-4-6-12)7-8-14(22-15)28-17-19-10-20-24-17/h7-10,12H,2-6H2,1H3,(H,19,20,24)(H,21,23,25). The Kier molecular flexibility index (Phi) is 6.28. The number of aromatic nitrogens is 5. The van der Waals surface area contributed by atoms with Crippen molar-refractivity contribution in [2.24, 2.45) is 0 Å². The molecule has 1 fully saturated rings. The number of amides is 1. The van der Waals surface area contributed by atoms with E-state index in [4.69, 9.17) is 0 Å². The summed E-state index contributed by atoms with van der Waals surface area (Å²) in [7, 11) is 0. The molecule has 1 aliphatic rings. The van der Waals surface area contributed by atoms with Gasteiger partial charge >= 0.3 is 0 Å². The van der Waals surface area contributed by atoms with E-state index in [0.717, 1.165) is 10.6 Å². The first-order chi connectivity index (χ1) is 13.7. The fourth-order valence-corrected chi connectivity index (χ4v) is 5.69. The summed E-state index contributed by atoms with van der Waals surface area (Å²) in [4.78, 5) is 27.0. The van der Waals surface area contributed by atoms with Crippen LogP contribution in [0.25, 0.3) is 0 Å². The molecule has 3 aromatic rings. The number of H-pyrrole nitrogens is 1. The summed E-state index contributed by atoms with van der Waals surface area (Å²) in [6, 6.07) is 3.93. The molecule has 3 aromatic heterocycles. The predicted molar refractivity (Wildman–Crippen MR) is 112 cm³/mol. The third-order valence-corrected chi connectivity index (χ3v) is 7.42. The normalized spacial score (nSPS) is 14.9. The van der Waals surface area contributed by atoms with Gasteiger partial charge in [0.15, 0.2) is 10.3 Å². The Hall–Kier alpha value is -1.91. The molecule has 7 nitrogen and oxygen atoms in total. The molecular weight excluding hydrogens is 412 g/mol. The van der Waals surface area contributed by atoms with E-state index in [2.05, 4.69) is 30.5 Å². The van der Waals surface area contributed by atoms with E-state index in [9.17, 15) is 4.79 Å². The van der Waals surface area contributed by atoms with Gasteiger partial charge in [-0.2, -0.15) is 5.10 Å². The molecule has 0 saturated heterocycles. The fraction of sp³-hybridized carbons (Fsp3) is 0.389. The van der Waals surface area contributed by atoms with Crippen molar-refractivity contribution in [1.82, 2.24) is 25.1 Å². The van der Waals surface area contributed by atoms with Gasteiger partial charge in [0.05, 0.1) is 5.69 Å². The molecule has 0 unspecified atom stereocenters. The van der Waals surface area contributed by atoms with Gasteiger partial charge in [0.25, 0.3) is 5.91 Å². The maximum absolute atomic E-state index is 13.0. The number of carbonyl (C=O) groups excluding carboxylic acids is 1. The summed E-state index contributed by atoms with van der Waals surface area (Å²) in [5.41, 5.74) is 1.33. The number of thioether (sulfide) groups is 1. The molecule has 0 radical (unpaired) electrons. The highest BCUT2D eigenvalue weighted by molar-refractivity contribution is 8.00. The molecule has 0 bridgehead atoms. The summed E-state index contributed by atoms with van der Waals surface area (Å²) in [5.74, 6) is -0.229. The quantitative estimate of drug-likeness (QED) is 0.578. The average Bonchev–Trinajstić information content (AvgIpc) is 3.35. The van der Waals surface area contributed by atoms with Crippen LogP contribution in [0.3, 0.4) is 0 Å². The van der Waals surface area contributed by atoms with E-state index >= 15 is 0 Å². The van der Waals surface area contributed by atoms with E-state index in [1.165, 1.54) is 61.5 Å². The van der Waals surface area contributed by atoms with Gasteiger partial charge in [-0.3, -0.25) is 15.2 Å². The Morgan fingerprint density at radius 1 is 1.25 bits per heavy atom. The number of aryl methyl sites for hydroxylation is 1. The molecule has 1 aliphatic carbocycles. The van der Waals surface area contributed by atoms with Crippen LogP contribution in [-0.2, 0) is 0 Å². The van der Waals surface area contributed by atoms with Crippen LogP contribution in [-0.4, -0.2) is 36.3 Å². The lowest BCUT2D eigenvalue weighted by molar-refractivity contribution is 0.101. The summed E-state index contributed by atoms with van der Waals surface area (Å²) in [6.07, 6.45) is 7.64. The van der Waals surface area contributed by atoms with Crippen LogP contribution in [0.5, 0.6) is 0 Å². The number of thiazole rings is 1. The molecule has 0 aliphatic heterocycles. The van der Waals surface area contributed by atoms with Gasteiger partial charge in [-0.1, -0.05) is 19.3 Å². The summed E-state index contributed by atoms with van der Waals surface area (Å²) in [6.45, 7) is 1.91. The molecule has 10 heteroatoms. The van der Waals surface area contributed by atoms with Gasteiger partial charge in [-0.05, 0) is 43.7 Å². The van der Waals surface area contributed by atoms with Gasteiger partial charge in [0.2, 0.25) is 0 Å². The number of hydrogen-bond donors (Lipinski definition) is 2. The van der Waals surface area contributed by atoms with Gasteiger partial charge in [0, 0.05) is 15.5 Å². The van der Waals surface area contributed by atoms with Crippen molar-refractivity contribution in [3.05, 3.63) is 35.2 Å². The van der Waals surface area contributed by atoms with Crippen molar-refractivity contribution >= 4 is 45.9 Å². The molecule has 1 amide bonds. The first-order valence-corrected chi connectivity index (χ1v) is 11.7. The van der Waals surface area contributed by atoms with E-state index in [0.29, 0.717) is 26.3 Å². The summed E-state index contributed by atoms with van der Waals surface area (Å²) in [5, 5.41) is 13.9. The highest BCUT2D eigenvalue weighted by Gasteiger charge is 2.21. The van der Waals surface area contributed by atoms with Crippen molar-refractivity contribution in [2.45, 2.75) is 59.4 Å². The SMILES string of the molecule is Cc1csc(NC(=O)c2nc(Sc3ncn[nH]3)ccc2SC2CCCCC2)n1. The van der Waals surface area contributed by atoms with Crippen molar-refractivity contribution in [3.63, 3.8) is 0 Å². The lowest BCUT2D eigenvalue weighted by Crippen LogP contribution is -2.16. The summed E-state index contributed by atoms with van der Waals surface area (Å²) < 4.78 is 0. The number of pyridine rings is 1. The fourth-order valence-electron chi connectivity index (χ4n) is 3.02. The molecular formula is C18H20N6OS3. The third kappa shape index (κ3) is 4.92. The molecule has 1 saturated carbocycles. The minimum absolute atomic E-state index is 0.229. The predicted octanol–water partition coefficient (Wildman–Crippen LogP) is 4.79.